The Morgan fingerprint density at radius 1 is 1.39 bits per heavy atom. The van der Waals surface area contributed by atoms with E-state index in [-0.39, 0.29) is 11.8 Å². The SMILES string of the molecule is O=C1CC(CCl)CN1c1ncc2ccccc2n1. The van der Waals surface area contributed by atoms with Crippen LogP contribution in [0.5, 0.6) is 0 Å². The molecule has 1 aliphatic heterocycles. The van der Waals surface area contributed by atoms with Crippen molar-refractivity contribution in [1.29, 1.82) is 0 Å². The van der Waals surface area contributed by atoms with E-state index in [1.165, 1.54) is 0 Å². The van der Waals surface area contributed by atoms with Gasteiger partial charge in [-0.1, -0.05) is 18.2 Å². The number of rotatable bonds is 2. The fourth-order valence-electron chi connectivity index (χ4n) is 2.17. The summed E-state index contributed by atoms with van der Waals surface area (Å²) in [6.45, 7) is 0.612. The van der Waals surface area contributed by atoms with Crippen LogP contribution in [0.3, 0.4) is 0 Å². The summed E-state index contributed by atoms with van der Waals surface area (Å²) in [7, 11) is 0. The van der Waals surface area contributed by atoms with Crippen molar-refractivity contribution in [2.75, 3.05) is 17.3 Å². The van der Waals surface area contributed by atoms with Crippen LogP contribution >= 0.6 is 11.6 Å². The van der Waals surface area contributed by atoms with E-state index in [1.54, 1.807) is 11.1 Å². The van der Waals surface area contributed by atoms with Gasteiger partial charge in [0.2, 0.25) is 11.9 Å². The normalized spacial score (nSPS) is 19.7. The average molecular weight is 262 g/mol. The molecule has 1 aromatic carbocycles. The Hall–Kier alpha value is -1.68. The molecular formula is C13H12ClN3O. The first-order valence-electron chi connectivity index (χ1n) is 5.86. The molecule has 1 fully saturated rings. The fraction of sp³-hybridized carbons (Fsp3) is 0.308. The minimum absolute atomic E-state index is 0.0518. The molecular weight excluding hydrogens is 250 g/mol. The molecule has 0 N–H and O–H groups in total. The maximum atomic E-state index is 11.9. The molecule has 1 atom stereocenters. The van der Waals surface area contributed by atoms with Crippen LogP contribution in [0.2, 0.25) is 0 Å². The van der Waals surface area contributed by atoms with Crippen molar-refractivity contribution in [1.82, 2.24) is 9.97 Å². The lowest BCUT2D eigenvalue weighted by Gasteiger charge is -2.14. The summed E-state index contributed by atoms with van der Waals surface area (Å²) in [4.78, 5) is 22.2. The van der Waals surface area contributed by atoms with Crippen molar-refractivity contribution in [2.24, 2.45) is 5.92 Å². The van der Waals surface area contributed by atoms with E-state index >= 15 is 0 Å². The second kappa shape index (κ2) is 4.53. The third-order valence-corrected chi connectivity index (χ3v) is 3.58. The van der Waals surface area contributed by atoms with Gasteiger partial charge in [0, 0.05) is 30.4 Å². The highest BCUT2D eigenvalue weighted by molar-refractivity contribution is 6.18. The maximum absolute atomic E-state index is 11.9. The zero-order chi connectivity index (χ0) is 12.5. The summed E-state index contributed by atoms with van der Waals surface area (Å²) >= 11 is 5.80. The van der Waals surface area contributed by atoms with Crippen molar-refractivity contribution in [3.8, 4) is 0 Å². The van der Waals surface area contributed by atoms with Gasteiger partial charge >= 0.3 is 0 Å². The van der Waals surface area contributed by atoms with Gasteiger partial charge in [-0.05, 0) is 12.0 Å². The molecule has 3 rings (SSSR count). The Morgan fingerprint density at radius 2 is 2.22 bits per heavy atom. The van der Waals surface area contributed by atoms with Crippen molar-refractivity contribution in [2.45, 2.75) is 6.42 Å². The van der Waals surface area contributed by atoms with Gasteiger partial charge in [0.15, 0.2) is 0 Å². The number of aromatic nitrogens is 2. The van der Waals surface area contributed by atoms with E-state index in [0.717, 1.165) is 10.9 Å². The quantitative estimate of drug-likeness (QED) is 0.779. The number of para-hydroxylation sites is 1. The van der Waals surface area contributed by atoms with Crippen molar-refractivity contribution in [3.05, 3.63) is 30.5 Å². The molecule has 1 aromatic heterocycles. The van der Waals surface area contributed by atoms with Crippen molar-refractivity contribution in [3.63, 3.8) is 0 Å². The predicted octanol–water partition coefficient (Wildman–Crippen LogP) is 2.22. The Morgan fingerprint density at radius 3 is 3.00 bits per heavy atom. The third-order valence-electron chi connectivity index (χ3n) is 3.14. The van der Waals surface area contributed by atoms with Gasteiger partial charge in [-0.3, -0.25) is 9.69 Å². The molecule has 5 heteroatoms. The van der Waals surface area contributed by atoms with E-state index in [4.69, 9.17) is 11.6 Å². The highest BCUT2D eigenvalue weighted by Gasteiger charge is 2.31. The van der Waals surface area contributed by atoms with E-state index < -0.39 is 0 Å². The first-order valence-corrected chi connectivity index (χ1v) is 6.39. The lowest BCUT2D eigenvalue weighted by Crippen LogP contribution is -2.26. The molecule has 2 aromatic rings. The first kappa shape index (κ1) is 11.4. The van der Waals surface area contributed by atoms with Crippen LogP contribution in [0.15, 0.2) is 30.5 Å². The molecule has 1 aliphatic rings. The van der Waals surface area contributed by atoms with E-state index in [9.17, 15) is 4.79 Å². The number of alkyl halides is 1. The Balaban J connectivity index is 1.97. The number of hydrogen-bond acceptors (Lipinski definition) is 3. The van der Waals surface area contributed by atoms with Gasteiger partial charge in [-0.15, -0.1) is 11.6 Å². The molecule has 1 unspecified atom stereocenters. The van der Waals surface area contributed by atoms with Crippen LogP contribution in [0, 0.1) is 5.92 Å². The van der Waals surface area contributed by atoms with Crippen LogP contribution in [-0.4, -0.2) is 28.3 Å². The number of carbonyl (C=O) groups is 1. The van der Waals surface area contributed by atoms with E-state index in [2.05, 4.69) is 9.97 Å². The molecule has 0 radical (unpaired) electrons. The Kier molecular flexibility index (Phi) is 2.88. The van der Waals surface area contributed by atoms with Crippen LogP contribution < -0.4 is 4.90 Å². The van der Waals surface area contributed by atoms with E-state index in [0.29, 0.717) is 24.8 Å². The molecule has 18 heavy (non-hydrogen) atoms. The summed E-state index contributed by atoms with van der Waals surface area (Å²) < 4.78 is 0. The minimum Gasteiger partial charge on any atom is -0.280 e. The summed E-state index contributed by atoms with van der Waals surface area (Å²) in [6, 6.07) is 7.73. The number of anilines is 1. The Bertz CT molecular complexity index is 602. The lowest BCUT2D eigenvalue weighted by atomic mass is 10.2. The van der Waals surface area contributed by atoms with Crippen LogP contribution in [0.4, 0.5) is 5.95 Å². The fourth-order valence-corrected chi connectivity index (χ4v) is 2.38. The number of benzene rings is 1. The monoisotopic (exact) mass is 261 g/mol. The molecule has 0 aliphatic carbocycles. The molecule has 4 nitrogen and oxygen atoms in total. The standard InChI is InChI=1S/C13H12ClN3O/c14-6-9-5-12(18)17(8-9)13-15-7-10-3-1-2-4-11(10)16-13/h1-4,7,9H,5-6,8H2. The maximum Gasteiger partial charge on any atom is 0.232 e. The van der Waals surface area contributed by atoms with Crippen LogP contribution in [0.25, 0.3) is 10.9 Å². The second-order valence-corrected chi connectivity index (χ2v) is 4.77. The summed E-state index contributed by atoms with van der Waals surface area (Å²) in [6.07, 6.45) is 2.23. The molecule has 1 saturated heterocycles. The average Bonchev–Trinajstić information content (AvgIpc) is 2.79. The number of fused-ring (bicyclic) bond motifs is 1. The number of hydrogen-bond donors (Lipinski definition) is 0. The third kappa shape index (κ3) is 1.93. The van der Waals surface area contributed by atoms with Crippen LogP contribution in [-0.2, 0) is 4.79 Å². The number of nitrogens with zero attached hydrogens (tertiary/aromatic N) is 3. The summed E-state index contributed by atoms with van der Waals surface area (Å²) in [5.41, 5.74) is 0.852. The lowest BCUT2D eigenvalue weighted by molar-refractivity contribution is -0.117. The largest absolute Gasteiger partial charge is 0.280 e. The zero-order valence-electron chi connectivity index (χ0n) is 9.71. The highest BCUT2D eigenvalue weighted by atomic mass is 35.5. The van der Waals surface area contributed by atoms with Gasteiger partial charge in [-0.25, -0.2) is 9.97 Å². The second-order valence-electron chi connectivity index (χ2n) is 4.46. The number of carbonyl (C=O) groups excluding carboxylic acids is 1. The number of amides is 1. The highest BCUT2D eigenvalue weighted by Crippen LogP contribution is 2.24. The minimum atomic E-state index is 0.0518. The van der Waals surface area contributed by atoms with Gasteiger partial charge in [0.25, 0.3) is 0 Å². The van der Waals surface area contributed by atoms with Crippen molar-refractivity contribution >= 4 is 34.4 Å². The first-order chi connectivity index (χ1) is 8.78. The zero-order valence-corrected chi connectivity index (χ0v) is 10.5. The van der Waals surface area contributed by atoms with Crippen molar-refractivity contribution < 1.29 is 4.79 Å². The summed E-state index contributed by atoms with van der Waals surface area (Å²) in [5, 5.41) is 0.974. The Labute approximate surface area is 110 Å². The molecule has 2 heterocycles. The summed E-state index contributed by atoms with van der Waals surface area (Å²) in [5.74, 6) is 1.23. The topological polar surface area (TPSA) is 46.1 Å². The van der Waals surface area contributed by atoms with Gasteiger partial charge in [0.1, 0.15) is 0 Å². The molecule has 92 valence electrons. The molecule has 0 saturated carbocycles. The van der Waals surface area contributed by atoms with Gasteiger partial charge < -0.3 is 0 Å². The number of halogens is 1. The molecule has 1 amide bonds. The van der Waals surface area contributed by atoms with Gasteiger partial charge in [0.05, 0.1) is 5.52 Å². The molecule has 0 bridgehead atoms. The van der Waals surface area contributed by atoms with Gasteiger partial charge in [-0.2, -0.15) is 0 Å². The predicted molar refractivity (Wildman–Crippen MR) is 70.7 cm³/mol. The molecule has 0 spiro atoms. The van der Waals surface area contributed by atoms with Crippen LogP contribution in [0.1, 0.15) is 6.42 Å². The van der Waals surface area contributed by atoms with E-state index in [1.807, 2.05) is 24.3 Å². The smallest absolute Gasteiger partial charge is 0.232 e.